The van der Waals surface area contributed by atoms with Crippen LogP contribution in [-0.4, -0.2) is 42.1 Å². The van der Waals surface area contributed by atoms with Crippen molar-refractivity contribution in [2.24, 2.45) is 11.8 Å². The van der Waals surface area contributed by atoms with Crippen molar-refractivity contribution in [2.45, 2.75) is 44.2 Å². The number of halogens is 7. The number of amides is 3. The van der Waals surface area contributed by atoms with Gasteiger partial charge in [0.05, 0.1) is 17.5 Å². The zero-order valence-corrected chi connectivity index (χ0v) is 16.3. The number of nitrogens with zero attached hydrogens (tertiary/aromatic N) is 1. The molecular formula is C19H20F7N3O2. The summed E-state index contributed by atoms with van der Waals surface area (Å²) in [5.74, 6) is -4.38. The fourth-order valence-electron chi connectivity index (χ4n) is 3.90. The molecule has 1 aromatic carbocycles. The van der Waals surface area contributed by atoms with Crippen molar-refractivity contribution in [3.8, 4) is 0 Å². The van der Waals surface area contributed by atoms with E-state index in [1.165, 1.54) is 6.92 Å². The molecule has 3 rings (SSSR count). The van der Waals surface area contributed by atoms with Gasteiger partial charge in [-0.2, -0.15) is 26.3 Å². The summed E-state index contributed by atoms with van der Waals surface area (Å²) in [5.41, 5.74) is -1.72. The third-order valence-electron chi connectivity index (χ3n) is 5.80. The van der Waals surface area contributed by atoms with Crippen molar-refractivity contribution >= 4 is 11.9 Å². The molecule has 3 amide bonds. The Kier molecular flexibility index (Phi) is 6.12. The van der Waals surface area contributed by atoms with Crippen LogP contribution in [0.15, 0.2) is 18.2 Å². The quantitative estimate of drug-likeness (QED) is 0.677. The van der Waals surface area contributed by atoms with Crippen molar-refractivity contribution in [3.63, 3.8) is 0 Å². The van der Waals surface area contributed by atoms with Crippen LogP contribution in [-0.2, 0) is 11.0 Å². The van der Waals surface area contributed by atoms with Gasteiger partial charge in [0.1, 0.15) is 11.9 Å². The lowest BCUT2D eigenvalue weighted by molar-refractivity contribution is -0.206. The summed E-state index contributed by atoms with van der Waals surface area (Å²) < 4.78 is 91.8. The summed E-state index contributed by atoms with van der Waals surface area (Å²) in [6.45, 7) is 1.74. The normalized spacial score (nSPS) is 25.5. The minimum absolute atomic E-state index is 0.124. The Morgan fingerprint density at radius 2 is 1.84 bits per heavy atom. The molecule has 1 saturated carbocycles. The molecule has 0 bridgehead atoms. The van der Waals surface area contributed by atoms with Crippen molar-refractivity contribution < 1.29 is 40.3 Å². The zero-order valence-electron chi connectivity index (χ0n) is 16.3. The van der Waals surface area contributed by atoms with Gasteiger partial charge in [-0.05, 0) is 43.4 Å². The number of nitrogens with one attached hydrogen (secondary N) is 2. The molecule has 1 heterocycles. The van der Waals surface area contributed by atoms with Gasteiger partial charge in [0.2, 0.25) is 5.91 Å². The highest BCUT2D eigenvalue weighted by Crippen LogP contribution is 2.50. The number of carbonyl (C=O) groups is 2. The molecule has 2 aliphatic rings. The van der Waals surface area contributed by atoms with Crippen molar-refractivity contribution in [1.82, 2.24) is 15.5 Å². The predicted octanol–water partition coefficient (Wildman–Crippen LogP) is 4.00. The third kappa shape index (κ3) is 4.87. The second kappa shape index (κ2) is 8.19. The van der Waals surface area contributed by atoms with Gasteiger partial charge in [0.15, 0.2) is 0 Å². The van der Waals surface area contributed by atoms with Gasteiger partial charge in [0, 0.05) is 13.1 Å². The first-order valence-corrected chi connectivity index (χ1v) is 9.57. The van der Waals surface area contributed by atoms with Gasteiger partial charge in [0.25, 0.3) is 0 Å². The van der Waals surface area contributed by atoms with Crippen molar-refractivity contribution in [3.05, 3.63) is 35.1 Å². The van der Waals surface area contributed by atoms with Crippen molar-refractivity contribution in [2.75, 3.05) is 13.1 Å². The molecule has 1 aliphatic carbocycles. The molecule has 2 fully saturated rings. The molecule has 2 atom stereocenters. The molecule has 31 heavy (non-hydrogen) atoms. The lowest BCUT2D eigenvalue weighted by atomic mass is 9.69. The van der Waals surface area contributed by atoms with Gasteiger partial charge in [-0.1, -0.05) is 6.07 Å². The van der Waals surface area contributed by atoms with Crippen molar-refractivity contribution in [1.29, 1.82) is 0 Å². The Balaban J connectivity index is 1.88. The molecule has 0 unspecified atom stereocenters. The summed E-state index contributed by atoms with van der Waals surface area (Å²) in [6.07, 6.45) is -10.2. The van der Waals surface area contributed by atoms with E-state index in [2.05, 4.69) is 10.6 Å². The standard InChI is InChI=1S/C19H20F7N3O2/c1-9-16(30)27-4-5-29(9)17(31)28-15(11-6-12(7-11)18(21,22)23)10-2-3-14(20)13(8-10)19(24,25)26/h2-3,8-9,11-12,15H,4-7H2,1H3,(H,27,30)(H,28,31)/t9-,11?,12?,15+/m1/s1. The number of urea groups is 1. The second-order valence-electron chi connectivity index (χ2n) is 7.79. The van der Waals surface area contributed by atoms with E-state index in [-0.39, 0.29) is 31.5 Å². The molecule has 172 valence electrons. The Morgan fingerprint density at radius 1 is 1.19 bits per heavy atom. The number of benzene rings is 1. The topological polar surface area (TPSA) is 61.4 Å². The molecule has 12 heteroatoms. The Hall–Kier alpha value is -2.53. The second-order valence-corrected chi connectivity index (χ2v) is 7.79. The smallest absolute Gasteiger partial charge is 0.353 e. The summed E-state index contributed by atoms with van der Waals surface area (Å²) in [7, 11) is 0. The van der Waals surface area contributed by atoms with Crippen LogP contribution in [0.1, 0.15) is 36.9 Å². The SMILES string of the molecule is C[C@@H]1C(=O)NCCN1C(=O)N[C@@H](c1ccc(F)c(C(F)(F)F)c1)C1CC(C(F)(F)F)C1. The molecular weight excluding hydrogens is 435 g/mol. The number of carbonyl (C=O) groups excluding carboxylic acids is 2. The highest BCUT2D eigenvalue weighted by atomic mass is 19.4. The fraction of sp³-hybridized carbons (Fsp3) is 0.579. The average molecular weight is 455 g/mol. The number of alkyl halides is 6. The Bertz CT molecular complexity index is 850. The van der Waals surface area contributed by atoms with Crippen LogP contribution < -0.4 is 10.6 Å². The highest BCUT2D eigenvalue weighted by molar-refractivity contribution is 5.88. The highest BCUT2D eigenvalue weighted by Gasteiger charge is 2.50. The maximum Gasteiger partial charge on any atom is 0.419 e. The third-order valence-corrected chi connectivity index (χ3v) is 5.80. The minimum atomic E-state index is -5.01. The predicted molar refractivity (Wildman–Crippen MR) is 94.1 cm³/mol. The van der Waals surface area contributed by atoms with Crippen LogP contribution in [0.4, 0.5) is 35.5 Å². The van der Waals surface area contributed by atoms with E-state index in [9.17, 15) is 40.3 Å². The summed E-state index contributed by atoms with van der Waals surface area (Å²) in [5, 5.41) is 5.02. The fourth-order valence-corrected chi connectivity index (χ4v) is 3.90. The van der Waals surface area contributed by atoms with E-state index in [0.717, 1.165) is 11.0 Å². The van der Waals surface area contributed by atoms with Crippen LogP contribution in [0.25, 0.3) is 0 Å². The molecule has 1 aromatic rings. The largest absolute Gasteiger partial charge is 0.419 e. The van der Waals surface area contributed by atoms with Crippen LogP contribution >= 0.6 is 0 Å². The van der Waals surface area contributed by atoms with Crippen LogP contribution in [0, 0.1) is 17.7 Å². The van der Waals surface area contributed by atoms with E-state index in [0.29, 0.717) is 12.1 Å². The van der Waals surface area contributed by atoms with Gasteiger partial charge in [-0.3, -0.25) is 4.79 Å². The molecule has 5 nitrogen and oxygen atoms in total. The van der Waals surface area contributed by atoms with Gasteiger partial charge in [-0.15, -0.1) is 0 Å². The maximum atomic E-state index is 13.7. The molecule has 0 aromatic heterocycles. The maximum absolute atomic E-state index is 13.7. The lowest BCUT2D eigenvalue weighted by Gasteiger charge is -2.43. The number of piperazine rings is 1. The first-order chi connectivity index (χ1) is 14.3. The number of hydrogen-bond donors (Lipinski definition) is 2. The van der Waals surface area contributed by atoms with E-state index in [1.54, 1.807) is 0 Å². The van der Waals surface area contributed by atoms with E-state index < -0.39 is 59.6 Å². The number of hydrogen-bond acceptors (Lipinski definition) is 2. The minimum Gasteiger partial charge on any atom is -0.353 e. The summed E-state index contributed by atoms with van der Waals surface area (Å²) in [6, 6.07) is -0.756. The molecule has 1 aliphatic heterocycles. The van der Waals surface area contributed by atoms with E-state index in [4.69, 9.17) is 0 Å². The Labute approximate surface area is 173 Å². The van der Waals surface area contributed by atoms with Gasteiger partial charge >= 0.3 is 18.4 Å². The van der Waals surface area contributed by atoms with Crippen LogP contribution in [0.3, 0.4) is 0 Å². The van der Waals surface area contributed by atoms with Crippen LogP contribution in [0.5, 0.6) is 0 Å². The van der Waals surface area contributed by atoms with Gasteiger partial charge < -0.3 is 15.5 Å². The van der Waals surface area contributed by atoms with E-state index >= 15 is 0 Å². The lowest BCUT2D eigenvalue weighted by Crippen LogP contribution is -2.59. The number of rotatable bonds is 3. The van der Waals surface area contributed by atoms with Gasteiger partial charge in [-0.25, -0.2) is 9.18 Å². The first kappa shape index (κ1) is 23.1. The first-order valence-electron chi connectivity index (χ1n) is 9.57. The Morgan fingerprint density at radius 3 is 2.42 bits per heavy atom. The molecule has 2 N–H and O–H groups in total. The molecule has 0 radical (unpaired) electrons. The monoisotopic (exact) mass is 455 g/mol. The van der Waals surface area contributed by atoms with Crippen LogP contribution in [0.2, 0.25) is 0 Å². The molecule has 0 spiro atoms. The summed E-state index contributed by atoms with van der Waals surface area (Å²) in [4.78, 5) is 25.7. The summed E-state index contributed by atoms with van der Waals surface area (Å²) >= 11 is 0. The van der Waals surface area contributed by atoms with E-state index in [1.807, 2.05) is 0 Å². The zero-order chi connectivity index (χ0) is 23.1. The average Bonchev–Trinajstić information content (AvgIpc) is 2.60. The molecule has 1 saturated heterocycles.